The summed E-state index contributed by atoms with van der Waals surface area (Å²) in [7, 11) is 1.41. The number of nitrogens with zero attached hydrogens (tertiary/aromatic N) is 1. The van der Waals surface area contributed by atoms with Crippen LogP contribution in [0, 0.1) is 11.6 Å². The summed E-state index contributed by atoms with van der Waals surface area (Å²) in [4.78, 5) is 0. The van der Waals surface area contributed by atoms with Gasteiger partial charge in [-0.25, -0.2) is 8.78 Å². The minimum atomic E-state index is -0.895. The normalized spacial score (nSPS) is 11.4. The van der Waals surface area contributed by atoms with Crippen molar-refractivity contribution in [1.82, 2.24) is 0 Å². The van der Waals surface area contributed by atoms with Gasteiger partial charge in [0.15, 0.2) is 0 Å². The van der Waals surface area contributed by atoms with Crippen LogP contribution in [0.1, 0.15) is 11.1 Å². The lowest BCUT2D eigenvalue weighted by Crippen LogP contribution is -2.09. The molecule has 0 bridgehead atoms. The van der Waals surface area contributed by atoms with Crippen LogP contribution in [0.3, 0.4) is 0 Å². The van der Waals surface area contributed by atoms with E-state index in [9.17, 15) is 13.9 Å². The van der Waals surface area contributed by atoms with Gasteiger partial charge in [0.2, 0.25) is 0 Å². The van der Waals surface area contributed by atoms with E-state index in [0.717, 1.165) is 12.1 Å². The van der Waals surface area contributed by atoms with Crippen molar-refractivity contribution >= 4 is 5.71 Å². The number of benzene rings is 2. The molecule has 0 fully saturated rings. The molecule has 2 rings (SSSR count). The molecule has 0 unspecified atom stereocenters. The number of hydrogen-bond acceptors (Lipinski definition) is 4. The second-order valence-corrected chi connectivity index (χ2v) is 3.93. The van der Waals surface area contributed by atoms with E-state index in [2.05, 4.69) is 5.16 Å². The minimum Gasteiger partial charge on any atom is -0.507 e. The Morgan fingerprint density at radius 2 is 1.80 bits per heavy atom. The van der Waals surface area contributed by atoms with Crippen LogP contribution in [0.5, 0.6) is 11.5 Å². The van der Waals surface area contributed by atoms with Crippen molar-refractivity contribution in [1.29, 1.82) is 0 Å². The predicted molar refractivity (Wildman–Crippen MR) is 68.4 cm³/mol. The standard InChI is InChI=1S/C14H11F2NO3/c1-20-8-5-6-9(12(18)7-8)14(17-19)13-10(15)3-2-4-11(13)16/h2-7,18-19H,1H3. The van der Waals surface area contributed by atoms with Gasteiger partial charge < -0.3 is 15.1 Å². The molecule has 104 valence electrons. The summed E-state index contributed by atoms with van der Waals surface area (Å²) in [5.41, 5.74) is -0.937. The van der Waals surface area contributed by atoms with Crippen LogP contribution >= 0.6 is 0 Å². The maximum absolute atomic E-state index is 13.7. The highest BCUT2D eigenvalue weighted by Gasteiger charge is 2.20. The molecular formula is C14H11F2NO3. The van der Waals surface area contributed by atoms with Crippen molar-refractivity contribution in [3.05, 3.63) is 59.2 Å². The van der Waals surface area contributed by atoms with Gasteiger partial charge in [-0.3, -0.25) is 0 Å². The highest BCUT2D eigenvalue weighted by Crippen LogP contribution is 2.27. The monoisotopic (exact) mass is 279 g/mol. The summed E-state index contributed by atoms with van der Waals surface area (Å²) in [6.07, 6.45) is 0. The van der Waals surface area contributed by atoms with Gasteiger partial charge in [0, 0.05) is 11.6 Å². The van der Waals surface area contributed by atoms with Crippen LogP contribution in [0.4, 0.5) is 8.78 Å². The molecule has 0 aliphatic carbocycles. The molecular weight excluding hydrogens is 268 g/mol. The van der Waals surface area contributed by atoms with Gasteiger partial charge in [0.05, 0.1) is 12.7 Å². The van der Waals surface area contributed by atoms with Crippen LogP contribution in [-0.4, -0.2) is 23.1 Å². The number of aromatic hydroxyl groups is 1. The Bertz CT molecular complexity index is 651. The van der Waals surface area contributed by atoms with Crippen LogP contribution in [-0.2, 0) is 0 Å². The summed E-state index contributed by atoms with van der Waals surface area (Å²) in [6.45, 7) is 0. The molecule has 0 radical (unpaired) electrons. The first-order valence-corrected chi connectivity index (χ1v) is 5.62. The third-order valence-corrected chi connectivity index (χ3v) is 2.76. The van der Waals surface area contributed by atoms with Gasteiger partial charge in [-0.05, 0) is 24.3 Å². The predicted octanol–water partition coefficient (Wildman–Crippen LogP) is 2.91. The third kappa shape index (κ3) is 2.40. The SMILES string of the molecule is COc1ccc(C(=NO)c2c(F)cccc2F)c(O)c1. The fourth-order valence-corrected chi connectivity index (χ4v) is 1.80. The molecule has 0 aliphatic heterocycles. The van der Waals surface area contributed by atoms with E-state index in [0.29, 0.717) is 5.75 Å². The Labute approximate surface area is 113 Å². The molecule has 2 aromatic rings. The summed E-state index contributed by atoms with van der Waals surface area (Å²) in [6, 6.07) is 7.32. The topological polar surface area (TPSA) is 62.0 Å². The van der Waals surface area contributed by atoms with Crippen molar-refractivity contribution in [3.63, 3.8) is 0 Å². The van der Waals surface area contributed by atoms with Crippen molar-refractivity contribution in [2.75, 3.05) is 7.11 Å². The van der Waals surface area contributed by atoms with Crippen molar-refractivity contribution < 1.29 is 23.8 Å². The van der Waals surface area contributed by atoms with Crippen molar-refractivity contribution in [3.8, 4) is 11.5 Å². The summed E-state index contributed by atoms with van der Waals surface area (Å²) < 4.78 is 32.3. The number of ether oxygens (including phenoxy) is 1. The third-order valence-electron chi connectivity index (χ3n) is 2.76. The lowest BCUT2D eigenvalue weighted by Gasteiger charge is -2.10. The molecule has 0 heterocycles. The van der Waals surface area contributed by atoms with Crippen LogP contribution in [0.25, 0.3) is 0 Å². The zero-order chi connectivity index (χ0) is 14.7. The first kappa shape index (κ1) is 13.8. The molecule has 0 aromatic heterocycles. The smallest absolute Gasteiger partial charge is 0.135 e. The number of hydrogen-bond donors (Lipinski definition) is 2. The second kappa shape index (κ2) is 5.56. The average Bonchev–Trinajstić information content (AvgIpc) is 2.43. The maximum atomic E-state index is 13.7. The first-order chi connectivity index (χ1) is 9.58. The lowest BCUT2D eigenvalue weighted by molar-refractivity contribution is 0.319. The van der Waals surface area contributed by atoms with Gasteiger partial charge in [-0.15, -0.1) is 0 Å². The Morgan fingerprint density at radius 1 is 1.15 bits per heavy atom. The summed E-state index contributed by atoms with van der Waals surface area (Å²) in [5, 5.41) is 21.8. The second-order valence-electron chi connectivity index (χ2n) is 3.93. The Balaban J connectivity index is 2.60. The van der Waals surface area contributed by atoms with E-state index in [1.54, 1.807) is 0 Å². The molecule has 2 N–H and O–H groups in total. The lowest BCUT2D eigenvalue weighted by atomic mass is 10.0. The largest absolute Gasteiger partial charge is 0.507 e. The summed E-state index contributed by atoms with van der Waals surface area (Å²) in [5.74, 6) is -1.75. The van der Waals surface area contributed by atoms with Gasteiger partial charge in [-0.1, -0.05) is 11.2 Å². The van der Waals surface area contributed by atoms with E-state index in [1.165, 1.54) is 31.4 Å². The Hall–Kier alpha value is -2.63. The van der Waals surface area contributed by atoms with E-state index >= 15 is 0 Å². The minimum absolute atomic E-state index is 0.0164. The van der Waals surface area contributed by atoms with Crippen LogP contribution < -0.4 is 4.74 Å². The maximum Gasteiger partial charge on any atom is 0.135 e. The van der Waals surface area contributed by atoms with Crippen LogP contribution in [0.2, 0.25) is 0 Å². The molecule has 0 aliphatic rings. The molecule has 0 spiro atoms. The Kier molecular flexibility index (Phi) is 3.84. The van der Waals surface area contributed by atoms with Gasteiger partial charge in [0.25, 0.3) is 0 Å². The number of phenols is 1. The zero-order valence-corrected chi connectivity index (χ0v) is 10.5. The van der Waals surface area contributed by atoms with E-state index in [1.807, 2.05) is 0 Å². The molecule has 2 aromatic carbocycles. The molecule has 4 nitrogen and oxygen atoms in total. The highest BCUT2D eigenvalue weighted by molar-refractivity contribution is 6.14. The fraction of sp³-hybridized carbons (Fsp3) is 0.0714. The number of phenolic OH excluding ortho intramolecular Hbond substituents is 1. The number of oxime groups is 1. The highest BCUT2D eigenvalue weighted by atomic mass is 19.1. The molecule has 0 atom stereocenters. The molecule has 0 amide bonds. The molecule has 6 heteroatoms. The quantitative estimate of drug-likeness (QED) is 0.516. The van der Waals surface area contributed by atoms with Gasteiger partial charge >= 0.3 is 0 Å². The van der Waals surface area contributed by atoms with Crippen molar-refractivity contribution in [2.45, 2.75) is 0 Å². The number of rotatable bonds is 3. The van der Waals surface area contributed by atoms with Gasteiger partial charge in [-0.2, -0.15) is 0 Å². The van der Waals surface area contributed by atoms with E-state index < -0.39 is 22.9 Å². The average molecular weight is 279 g/mol. The van der Waals surface area contributed by atoms with Gasteiger partial charge in [0.1, 0.15) is 28.8 Å². The molecule has 0 saturated heterocycles. The van der Waals surface area contributed by atoms with Crippen molar-refractivity contribution in [2.24, 2.45) is 5.16 Å². The van der Waals surface area contributed by atoms with E-state index in [4.69, 9.17) is 9.94 Å². The number of halogens is 2. The zero-order valence-electron chi connectivity index (χ0n) is 10.5. The molecule has 0 saturated carbocycles. The Morgan fingerprint density at radius 3 is 2.30 bits per heavy atom. The summed E-state index contributed by atoms with van der Waals surface area (Å²) >= 11 is 0. The fourth-order valence-electron chi connectivity index (χ4n) is 1.80. The van der Waals surface area contributed by atoms with Crippen LogP contribution in [0.15, 0.2) is 41.6 Å². The first-order valence-electron chi connectivity index (χ1n) is 5.62. The van der Waals surface area contributed by atoms with E-state index in [-0.39, 0.29) is 11.3 Å². The number of methoxy groups -OCH3 is 1. The molecule has 20 heavy (non-hydrogen) atoms.